The summed E-state index contributed by atoms with van der Waals surface area (Å²) < 4.78 is 5.26. The molecule has 1 heterocycles. The minimum atomic E-state index is -1.26. The second-order valence-corrected chi connectivity index (χ2v) is 8.24. The van der Waals surface area contributed by atoms with Crippen molar-refractivity contribution in [2.75, 3.05) is 19.0 Å². The first kappa shape index (κ1) is 21.4. The maximum absolute atomic E-state index is 13.2. The Morgan fingerprint density at radius 2 is 1.75 bits per heavy atom. The second-order valence-electron chi connectivity index (χ2n) is 8.24. The Kier molecular flexibility index (Phi) is 5.34. The summed E-state index contributed by atoms with van der Waals surface area (Å²) in [7, 11) is 1.61. The van der Waals surface area contributed by atoms with E-state index in [0.717, 1.165) is 32.5 Å². The molecule has 2 N–H and O–H groups in total. The Balaban J connectivity index is 1.55. The van der Waals surface area contributed by atoms with Gasteiger partial charge < -0.3 is 15.4 Å². The van der Waals surface area contributed by atoms with Gasteiger partial charge in [-0.2, -0.15) is 0 Å². The highest BCUT2D eigenvalue weighted by Crippen LogP contribution is 2.32. The van der Waals surface area contributed by atoms with E-state index in [9.17, 15) is 14.4 Å². The van der Waals surface area contributed by atoms with E-state index >= 15 is 0 Å². The molecule has 1 aliphatic heterocycles. The first-order valence-corrected chi connectivity index (χ1v) is 10.3. The minimum absolute atomic E-state index is 0.363. The average Bonchev–Trinajstić information content (AvgIpc) is 2.99. The van der Waals surface area contributed by atoms with Gasteiger partial charge in [0.2, 0.25) is 5.91 Å². The summed E-state index contributed by atoms with van der Waals surface area (Å²) in [6.07, 6.45) is 0. The molecule has 0 spiro atoms. The van der Waals surface area contributed by atoms with Gasteiger partial charge in [0.1, 0.15) is 17.8 Å². The first-order chi connectivity index (χ1) is 15.2. The van der Waals surface area contributed by atoms with Crippen molar-refractivity contribution in [3.8, 4) is 5.75 Å². The summed E-state index contributed by atoms with van der Waals surface area (Å²) in [4.78, 5) is 39.4. The van der Waals surface area contributed by atoms with Crippen molar-refractivity contribution in [2.45, 2.75) is 26.3 Å². The molecule has 1 aliphatic rings. The fourth-order valence-electron chi connectivity index (χ4n) is 3.90. The average molecular weight is 431 g/mol. The Bertz CT molecular complexity index is 1250. The maximum Gasteiger partial charge on any atom is 0.325 e. The van der Waals surface area contributed by atoms with Crippen LogP contribution in [0.3, 0.4) is 0 Å². The summed E-state index contributed by atoms with van der Waals surface area (Å²) in [6.45, 7) is 5.10. The van der Waals surface area contributed by atoms with Gasteiger partial charge in [-0.25, -0.2) is 4.79 Å². The molecule has 164 valence electrons. The van der Waals surface area contributed by atoms with Crippen LogP contribution in [-0.4, -0.2) is 36.4 Å². The molecular formula is C25H25N3O4. The van der Waals surface area contributed by atoms with Crippen LogP contribution < -0.4 is 15.4 Å². The molecule has 0 radical (unpaired) electrons. The highest BCUT2D eigenvalue weighted by atomic mass is 16.5. The van der Waals surface area contributed by atoms with Crippen molar-refractivity contribution >= 4 is 34.3 Å². The topological polar surface area (TPSA) is 87.7 Å². The zero-order valence-electron chi connectivity index (χ0n) is 18.5. The highest BCUT2D eigenvalue weighted by Gasteiger charge is 2.49. The van der Waals surface area contributed by atoms with Crippen LogP contribution in [0, 0.1) is 13.8 Å². The Morgan fingerprint density at radius 3 is 2.50 bits per heavy atom. The third kappa shape index (κ3) is 3.77. The number of rotatable bonds is 5. The lowest BCUT2D eigenvalue weighted by molar-refractivity contribution is -0.133. The standard InChI is InChI=1S/C25H25N3O4/c1-15-5-6-16(2)21(11-15)26-22(29)14-28-23(30)25(3,27-24(28)31)19-9-7-18-13-20(32-4)10-8-17(18)12-19/h5-13H,14H2,1-4H3,(H,26,29)(H,27,31)/t25-/m1/s1. The van der Waals surface area contributed by atoms with Gasteiger partial charge in [0.05, 0.1) is 7.11 Å². The number of aryl methyl sites for hydroxylation is 2. The normalized spacial score (nSPS) is 18.1. The number of urea groups is 1. The number of amides is 4. The highest BCUT2D eigenvalue weighted by molar-refractivity contribution is 6.10. The molecule has 32 heavy (non-hydrogen) atoms. The number of fused-ring (bicyclic) bond motifs is 1. The zero-order chi connectivity index (χ0) is 23.0. The number of carbonyl (C=O) groups excluding carboxylic acids is 3. The molecule has 1 atom stereocenters. The van der Waals surface area contributed by atoms with Gasteiger partial charge in [0.25, 0.3) is 5.91 Å². The molecule has 3 aromatic carbocycles. The van der Waals surface area contributed by atoms with Crippen molar-refractivity contribution in [1.82, 2.24) is 10.2 Å². The van der Waals surface area contributed by atoms with E-state index in [1.54, 1.807) is 20.1 Å². The van der Waals surface area contributed by atoms with Crippen molar-refractivity contribution in [3.63, 3.8) is 0 Å². The van der Waals surface area contributed by atoms with Crippen molar-refractivity contribution in [3.05, 3.63) is 71.3 Å². The van der Waals surface area contributed by atoms with Crippen molar-refractivity contribution < 1.29 is 19.1 Å². The number of nitrogens with zero attached hydrogens (tertiary/aromatic N) is 1. The molecular weight excluding hydrogens is 406 g/mol. The molecule has 0 saturated carbocycles. The molecule has 0 aromatic heterocycles. The van der Waals surface area contributed by atoms with Gasteiger partial charge in [-0.05, 0) is 72.5 Å². The van der Waals surface area contributed by atoms with Crippen LogP contribution in [0.25, 0.3) is 10.8 Å². The van der Waals surface area contributed by atoms with Gasteiger partial charge in [-0.15, -0.1) is 0 Å². The summed E-state index contributed by atoms with van der Waals surface area (Å²) in [5.74, 6) is -0.161. The number of ether oxygens (including phenoxy) is 1. The number of methoxy groups -OCH3 is 1. The lowest BCUT2D eigenvalue weighted by Gasteiger charge is -2.23. The van der Waals surface area contributed by atoms with Crippen LogP contribution in [0.15, 0.2) is 54.6 Å². The van der Waals surface area contributed by atoms with E-state index in [4.69, 9.17) is 4.74 Å². The molecule has 1 saturated heterocycles. The van der Waals surface area contributed by atoms with Gasteiger partial charge in [-0.1, -0.05) is 30.3 Å². The molecule has 7 heteroatoms. The van der Waals surface area contributed by atoms with Gasteiger partial charge in [0.15, 0.2) is 0 Å². The van der Waals surface area contributed by atoms with Gasteiger partial charge >= 0.3 is 6.03 Å². The monoisotopic (exact) mass is 431 g/mol. The molecule has 0 unspecified atom stereocenters. The third-order valence-electron chi connectivity index (χ3n) is 5.87. The number of nitrogens with one attached hydrogen (secondary N) is 2. The van der Waals surface area contributed by atoms with E-state index in [2.05, 4.69) is 10.6 Å². The number of anilines is 1. The Hall–Kier alpha value is -3.87. The quantitative estimate of drug-likeness (QED) is 0.601. The summed E-state index contributed by atoms with van der Waals surface area (Å²) >= 11 is 0. The lowest BCUT2D eigenvalue weighted by atomic mass is 9.90. The molecule has 4 rings (SSSR count). The third-order valence-corrected chi connectivity index (χ3v) is 5.87. The fraction of sp³-hybridized carbons (Fsp3) is 0.240. The van der Waals surface area contributed by atoms with E-state index in [1.807, 2.05) is 62.4 Å². The number of hydrogen-bond acceptors (Lipinski definition) is 4. The van der Waals surface area contributed by atoms with Crippen molar-refractivity contribution in [2.24, 2.45) is 0 Å². The summed E-state index contributed by atoms with van der Waals surface area (Å²) in [5, 5.41) is 7.42. The van der Waals surface area contributed by atoms with E-state index in [1.165, 1.54) is 0 Å². The number of hydrogen-bond donors (Lipinski definition) is 2. The van der Waals surface area contributed by atoms with Crippen LogP contribution in [0.1, 0.15) is 23.6 Å². The number of imide groups is 1. The second kappa shape index (κ2) is 8.00. The molecule has 1 fully saturated rings. The predicted octanol–water partition coefficient (Wildman–Crippen LogP) is 3.87. The SMILES string of the molecule is COc1ccc2cc([C@@]3(C)NC(=O)N(CC(=O)Nc4cc(C)ccc4C)C3=O)ccc2c1. The molecule has 0 aliphatic carbocycles. The molecule has 4 amide bonds. The van der Waals surface area contributed by atoms with Crippen LogP contribution in [0.2, 0.25) is 0 Å². The van der Waals surface area contributed by atoms with E-state index in [-0.39, 0.29) is 6.54 Å². The first-order valence-electron chi connectivity index (χ1n) is 10.3. The van der Waals surface area contributed by atoms with Gasteiger partial charge in [0, 0.05) is 5.69 Å². The Labute approximate surface area is 186 Å². The van der Waals surface area contributed by atoms with Crippen LogP contribution in [0.5, 0.6) is 5.75 Å². The van der Waals surface area contributed by atoms with Crippen LogP contribution >= 0.6 is 0 Å². The van der Waals surface area contributed by atoms with Crippen LogP contribution in [0.4, 0.5) is 10.5 Å². The van der Waals surface area contributed by atoms with E-state index in [0.29, 0.717) is 11.3 Å². The van der Waals surface area contributed by atoms with Gasteiger partial charge in [-0.3, -0.25) is 14.5 Å². The molecule has 7 nitrogen and oxygen atoms in total. The summed E-state index contributed by atoms with van der Waals surface area (Å²) in [5.41, 5.74) is 1.95. The molecule has 0 bridgehead atoms. The predicted molar refractivity (Wildman–Crippen MR) is 123 cm³/mol. The van der Waals surface area contributed by atoms with E-state index < -0.39 is 23.4 Å². The van der Waals surface area contributed by atoms with Crippen LogP contribution in [-0.2, 0) is 15.1 Å². The number of carbonyl (C=O) groups is 3. The molecule has 3 aromatic rings. The largest absolute Gasteiger partial charge is 0.497 e. The van der Waals surface area contributed by atoms with Crippen molar-refractivity contribution in [1.29, 1.82) is 0 Å². The smallest absolute Gasteiger partial charge is 0.325 e. The summed E-state index contributed by atoms with van der Waals surface area (Å²) in [6, 6.07) is 16.3. The Morgan fingerprint density at radius 1 is 1.03 bits per heavy atom. The zero-order valence-corrected chi connectivity index (χ0v) is 18.5. The maximum atomic E-state index is 13.2. The lowest BCUT2D eigenvalue weighted by Crippen LogP contribution is -2.42. The number of benzene rings is 3. The minimum Gasteiger partial charge on any atom is -0.497 e. The fourth-order valence-corrected chi connectivity index (χ4v) is 3.90.